The van der Waals surface area contributed by atoms with Gasteiger partial charge in [-0.25, -0.2) is 4.68 Å². The lowest BCUT2D eigenvalue weighted by molar-refractivity contribution is -0.110. The number of nitrogens with zero attached hydrogens (tertiary/aromatic N) is 3. The highest BCUT2D eigenvalue weighted by Gasteiger charge is 2.17. The summed E-state index contributed by atoms with van der Waals surface area (Å²) >= 11 is 0. The fourth-order valence-corrected chi connectivity index (χ4v) is 2.84. The number of nitrogens with one attached hydrogen (secondary N) is 1. The third kappa shape index (κ3) is 4.96. The van der Waals surface area contributed by atoms with E-state index in [0.717, 1.165) is 17.5 Å². The summed E-state index contributed by atoms with van der Waals surface area (Å²) in [5.41, 5.74) is 2.35. The molecule has 0 aliphatic heterocycles. The van der Waals surface area contributed by atoms with Crippen LogP contribution in [0.5, 0.6) is 5.75 Å². The van der Waals surface area contributed by atoms with E-state index in [0.29, 0.717) is 18.0 Å². The molecule has 0 saturated heterocycles. The highest BCUT2D eigenvalue weighted by molar-refractivity contribution is 6.31. The second-order valence-electron chi connectivity index (χ2n) is 6.66. The molecule has 0 aliphatic carbocycles. The SMILES string of the molecule is Cc1ccc(OCCON=CC(=O)Nc2c(C)n(C)n(-c3ccccc3)c2=O)cc1. The lowest BCUT2D eigenvalue weighted by Crippen LogP contribution is -2.23. The number of benzene rings is 2. The van der Waals surface area contributed by atoms with Crippen LogP contribution < -0.4 is 15.6 Å². The van der Waals surface area contributed by atoms with Crippen LogP contribution in [0.1, 0.15) is 11.3 Å². The zero-order valence-electron chi connectivity index (χ0n) is 17.2. The Hall–Kier alpha value is -3.81. The van der Waals surface area contributed by atoms with Crippen molar-refractivity contribution in [2.45, 2.75) is 13.8 Å². The van der Waals surface area contributed by atoms with Gasteiger partial charge in [0, 0.05) is 7.05 Å². The van der Waals surface area contributed by atoms with Crippen molar-refractivity contribution in [1.29, 1.82) is 0 Å². The van der Waals surface area contributed by atoms with E-state index in [1.807, 2.05) is 61.5 Å². The monoisotopic (exact) mass is 408 g/mol. The van der Waals surface area contributed by atoms with Crippen molar-refractivity contribution < 1.29 is 14.4 Å². The number of hydrogen-bond acceptors (Lipinski definition) is 5. The van der Waals surface area contributed by atoms with Gasteiger partial charge in [-0.3, -0.25) is 14.3 Å². The molecule has 0 saturated carbocycles. The number of amides is 1. The first-order valence-electron chi connectivity index (χ1n) is 9.47. The molecule has 0 radical (unpaired) electrons. The number of hydrogen-bond donors (Lipinski definition) is 1. The van der Waals surface area contributed by atoms with E-state index < -0.39 is 5.91 Å². The van der Waals surface area contributed by atoms with Crippen LogP contribution in [-0.4, -0.2) is 34.7 Å². The zero-order chi connectivity index (χ0) is 21.5. The highest BCUT2D eigenvalue weighted by Crippen LogP contribution is 2.14. The molecule has 3 rings (SSSR count). The standard InChI is InChI=1S/C22H24N4O4/c1-16-9-11-19(12-10-16)29-13-14-30-23-15-20(27)24-21-17(2)25(3)26(22(21)28)18-7-5-4-6-8-18/h4-12,15H,13-14H2,1-3H3,(H,24,27). The summed E-state index contributed by atoms with van der Waals surface area (Å²) in [7, 11) is 1.75. The molecule has 1 amide bonds. The number of para-hydroxylation sites is 1. The molecule has 0 spiro atoms. The molecule has 1 N–H and O–H groups in total. The second-order valence-corrected chi connectivity index (χ2v) is 6.66. The van der Waals surface area contributed by atoms with Crippen LogP contribution >= 0.6 is 0 Å². The van der Waals surface area contributed by atoms with Gasteiger partial charge in [-0.1, -0.05) is 41.1 Å². The van der Waals surface area contributed by atoms with Crippen molar-refractivity contribution in [2.75, 3.05) is 18.5 Å². The van der Waals surface area contributed by atoms with E-state index in [4.69, 9.17) is 9.57 Å². The lowest BCUT2D eigenvalue weighted by atomic mass is 10.2. The maximum Gasteiger partial charge on any atom is 0.295 e. The van der Waals surface area contributed by atoms with Crippen molar-refractivity contribution in [3.63, 3.8) is 0 Å². The van der Waals surface area contributed by atoms with Crippen molar-refractivity contribution in [1.82, 2.24) is 9.36 Å². The third-order valence-corrected chi connectivity index (χ3v) is 4.51. The molecule has 0 fully saturated rings. The Balaban J connectivity index is 1.53. The van der Waals surface area contributed by atoms with Gasteiger partial charge in [-0.2, -0.15) is 0 Å². The van der Waals surface area contributed by atoms with Crippen LogP contribution in [0.2, 0.25) is 0 Å². The maximum atomic E-state index is 12.8. The number of rotatable bonds is 8. The van der Waals surface area contributed by atoms with E-state index in [1.54, 1.807) is 18.7 Å². The minimum atomic E-state index is -0.555. The molecule has 2 aromatic carbocycles. The quantitative estimate of drug-likeness (QED) is 0.353. The molecule has 8 heteroatoms. The average Bonchev–Trinajstić information content (AvgIpc) is 2.95. The smallest absolute Gasteiger partial charge is 0.295 e. The van der Waals surface area contributed by atoms with Gasteiger partial charge >= 0.3 is 0 Å². The predicted octanol–water partition coefficient (Wildman–Crippen LogP) is 2.81. The third-order valence-electron chi connectivity index (χ3n) is 4.51. The molecule has 1 aromatic heterocycles. The second kappa shape index (κ2) is 9.60. The van der Waals surface area contributed by atoms with E-state index in [9.17, 15) is 9.59 Å². The molecule has 3 aromatic rings. The van der Waals surface area contributed by atoms with Crippen LogP contribution in [-0.2, 0) is 16.7 Å². The molecule has 156 valence electrons. The Labute approximate surface area is 174 Å². The normalized spacial score (nSPS) is 10.9. The average molecular weight is 408 g/mol. The number of anilines is 1. The fraction of sp³-hybridized carbons (Fsp3) is 0.227. The van der Waals surface area contributed by atoms with Crippen LogP contribution in [0.3, 0.4) is 0 Å². The minimum absolute atomic E-state index is 0.183. The minimum Gasteiger partial charge on any atom is -0.490 e. The zero-order valence-corrected chi connectivity index (χ0v) is 17.2. The maximum absolute atomic E-state index is 12.8. The first-order valence-corrected chi connectivity index (χ1v) is 9.47. The van der Waals surface area contributed by atoms with Gasteiger partial charge in [-0.05, 0) is 38.1 Å². The molecular weight excluding hydrogens is 384 g/mol. The summed E-state index contributed by atoms with van der Waals surface area (Å²) in [6, 6.07) is 16.8. The fourth-order valence-electron chi connectivity index (χ4n) is 2.84. The Kier molecular flexibility index (Phi) is 6.69. The number of aryl methyl sites for hydroxylation is 1. The van der Waals surface area contributed by atoms with Crippen LogP contribution in [0.15, 0.2) is 64.5 Å². The number of carbonyl (C=O) groups is 1. The van der Waals surface area contributed by atoms with E-state index in [2.05, 4.69) is 10.5 Å². The van der Waals surface area contributed by atoms with Gasteiger partial charge < -0.3 is 14.9 Å². The highest BCUT2D eigenvalue weighted by atomic mass is 16.6. The van der Waals surface area contributed by atoms with Gasteiger partial charge in [0.2, 0.25) is 0 Å². The largest absolute Gasteiger partial charge is 0.490 e. The summed E-state index contributed by atoms with van der Waals surface area (Å²) in [5, 5.41) is 6.20. The van der Waals surface area contributed by atoms with Crippen molar-refractivity contribution in [3.05, 3.63) is 76.2 Å². The lowest BCUT2D eigenvalue weighted by Gasteiger charge is -2.07. The Morgan fingerprint density at radius 3 is 2.47 bits per heavy atom. The van der Waals surface area contributed by atoms with Crippen molar-refractivity contribution in [3.8, 4) is 11.4 Å². The van der Waals surface area contributed by atoms with Crippen molar-refractivity contribution in [2.24, 2.45) is 12.2 Å². The molecule has 0 atom stereocenters. The molecule has 8 nitrogen and oxygen atoms in total. The Morgan fingerprint density at radius 1 is 1.07 bits per heavy atom. The van der Waals surface area contributed by atoms with Crippen LogP contribution in [0.25, 0.3) is 5.69 Å². The Morgan fingerprint density at radius 2 is 1.77 bits per heavy atom. The first-order chi connectivity index (χ1) is 14.5. The van der Waals surface area contributed by atoms with Gasteiger partial charge in [-0.15, -0.1) is 0 Å². The van der Waals surface area contributed by atoms with Crippen molar-refractivity contribution >= 4 is 17.8 Å². The van der Waals surface area contributed by atoms with Crippen LogP contribution in [0.4, 0.5) is 5.69 Å². The summed E-state index contributed by atoms with van der Waals surface area (Å²) < 4.78 is 8.68. The number of aromatic nitrogens is 2. The van der Waals surface area contributed by atoms with Gasteiger partial charge in [0.15, 0.2) is 6.61 Å². The number of carbonyl (C=O) groups excluding carboxylic acids is 1. The Bertz CT molecular complexity index is 1080. The molecule has 0 bridgehead atoms. The molecule has 1 heterocycles. The molecule has 0 aliphatic rings. The topological polar surface area (TPSA) is 86.8 Å². The molecular formula is C22H24N4O4. The summed E-state index contributed by atoms with van der Waals surface area (Å²) in [6.45, 7) is 4.23. The van der Waals surface area contributed by atoms with E-state index in [-0.39, 0.29) is 17.9 Å². The summed E-state index contributed by atoms with van der Waals surface area (Å²) in [6.07, 6.45) is 0.991. The van der Waals surface area contributed by atoms with Gasteiger partial charge in [0.1, 0.15) is 24.3 Å². The van der Waals surface area contributed by atoms with Crippen LogP contribution in [0, 0.1) is 13.8 Å². The number of oxime groups is 1. The number of ether oxygens (including phenoxy) is 1. The summed E-state index contributed by atoms with van der Waals surface area (Å²) in [4.78, 5) is 29.9. The van der Waals surface area contributed by atoms with E-state index >= 15 is 0 Å². The molecule has 30 heavy (non-hydrogen) atoms. The van der Waals surface area contributed by atoms with Gasteiger partial charge in [0.05, 0.1) is 11.4 Å². The molecule has 0 unspecified atom stereocenters. The van der Waals surface area contributed by atoms with E-state index in [1.165, 1.54) is 4.68 Å². The van der Waals surface area contributed by atoms with Gasteiger partial charge in [0.25, 0.3) is 11.5 Å². The first kappa shape index (κ1) is 20.9. The summed E-state index contributed by atoms with van der Waals surface area (Å²) in [5.74, 6) is 0.181. The predicted molar refractivity (Wildman–Crippen MR) is 115 cm³/mol.